The highest BCUT2D eigenvalue weighted by atomic mass is 16.7. The zero-order valence-corrected chi connectivity index (χ0v) is 11.7. The van der Waals surface area contributed by atoms with Gasteiger partial charge >= 0.3 is 5.97 Å². The summed E-state index contributed by atoms with van der Waals surface area (Å²) in [4.78, 5) is 39.3. The van der Waals surface area contributed by atoms with Crippen molar-refractivity contribution in [1.29, 1.82) is 0 Å². The number of carbonyl (C=O) groups excluding carboxylic acids is 2. The van der Waals surface area contributed by atoms with Gasteiger partial charge < -0.3 is 4.84 Å². The average molecular weight is 310 g/mol. The van der Waals surface area contributed by atoms with Crippen molar-refractivity contribution in [2.24, 2.45) is 0 Å². The molecule has 23 heavy (non-hydrogen) atoms. The molecule has 1 heterocycles. The molecule has 0 N–H and O–H groups in total. The minimum absolute atomic E-state index is 0.0709. The molecule has 7 nitrogen and oxygen atoms in total. The van der Waals surface area contributed by atoms with E-state index in [1.807, 2.05) is 0 Å². The number of hydroxylamine groups is 1. The number of nitro benzene ring substituents is 1. The molecule has 0 unspecified atom stereocenters. The van der Waals surface area contributed by atoms with Crippen LogP contribution in [0.5, 0.6) is 0 Å². The fraction of sp³-hybridized carbons (Fsp3) is 0. The highest BCUT2D eigenvalue weighted by Crippen LogP contribution is 2.25. The molecule has 7 heteroatoms. The monoisotopic (exact) mass is 310 g/mol. The summed E-state index contributed by atoms with van der Waals surface area (Å²) in [6, 6.07) is 14.0. The molecule has 0 aliphatic carbocycles. The number of nitro groups is 1. The number of para-hydroxylation sites is 1. The number of benzene rings is 2. The van der Waals surface area contributed by atoms with E-state index >= 15 is 0 Å². The second kappa shape index (κ2) is 5.72. The zero-order valence-electron chi connectivity index (χ0n) is 11.7. The Labute approximate surface area is 130 Å². The lowest BCUT2D eigenvalue weighted by Crippen LogP contribution is -2.22. The van der Waals surface area contributed by atoms with Gasteiger partial charge in [-0.15, -0.1) is 5.06 Å². The van der Waals surface area contributed by atoms with E-state index < -0.39 is 16.8 Å². The highest BCUT2D eigenvalue weighted by Gasteiger charge is 2.37. The van der Waals surface area contributed by atoms with Crippen LogP contribution >= 0.6 is 0 Å². The predicted octanol–water partition coefficient (Wildman–Crippen LogP) is 2.48. The zero-order chi connectivity index (χ0) is 16.4. The van der Waals surface area contributed by atoms with Gasteiger partial charge in [-0.3, -0.25) is 14.9 Å². The van der Waals surface area contributed by atoms with Crippen molar-refractivity contribution < 1.29 is 19.3 Å². The summed E-state index contributed by atoms with van der Waals surface area (Å²) in [5, 5.41) is 11.5. The first-order chi connectivity index (χ1) is 11.1. The summed E-state index contributed by atoms with van der Waals surface area (Å²) in [5.41, 5.74) is 0.727. The number of amides is 1. The molecule has 0 radical (unpaired) electrons. The van der Waals surface area contributed by atoms with E-state index in [9.17, 15) is 19.7 Å². The van der Waals surface area contributed by atoms with Crippen LogP contribution in [0.3, 0.4) is 0 Å². The van der Waals surface area contributed by atoms with E-state index in [4.69, 9.17) is 4.84 Å². The molecule has 1 fully saturated rings. The molecule has 1 aliphatic heterocycles. The van der Waals surface area contributed by atoms with Crippen LogP contribution in [0.25, 0.3) is 6.08 Å². The van der Waals surface area contributed by atoms with E-state index in [1.165, 1.54) is 30.3 Å². The number of carbonyl (C=O) groups is 2. The molecular weight excluding hydrogens is 300 g/mol. The third-order valence-electron chi connectivity index (χ3n) is 3.21. The Morgan fingerprint density at radius 2 is 1.65 bits per heavy atom. The normalized spacial score (nSPS) is 15.8. The minimum atomic E-state index is -0.766. The molecule has 2 aromatic carbocycles. The van der Waals surface area contributed by atoms with Crippen molar-refractivity contribution in [3.8, 4) is 0 Å². The largest absolute Gasteiger partial charge is 0.369 e. The van der Waals surface area contributed by atoms with Gasteiger partial charge in [0.05, 0.1) is 10.6 Å². The SMILES string of the molecule is O=C1ON(c2ccccc2)C(=O)/C1=C/c1ccc([N+](=O)[O-])cc1. The van der Waals surface area contributed by atoms with Gasteiger partial charge in [-0.2, -0.15) is 0 Å². The fourth-order valence-corrected chi connectivity index (χ4v) is 2.08. The Hall–Kier alpha value is -3.48. The lowest BCUT2D eigenvalue weighted by atomic mass is 10.1. The number of anilines is 1. The number of hydrogen-bond acceptors (Lipinski definition) is 5. The standard InChI is InChI=1S/C16H10N2O5/c19-15-14(10-11-6-8-13(9-7-11)18(21)22)16(20)23-17(15)12-4-2-1-3-5-12/h1-10H/b14-10-. The maximum atomic E-state index is 12.3. The predicted molar refractivity (Wildman–Crippen MR) is 81.1 cm³/mol. The van der Waals surface area contributed by atoms with Crippen molar-refractivity contribution in [2.45, 2.75) is 0 Å². The van der Waals surface area contributed by atoms with Crippen LogP contribution in [-0.4, -0.2) is 16.8 Å². The minimum Gasteiger partial charge on any atom is -0.327 e. The molecule has 0 bridgehead atoms. The molecule has 3 rings (SSSR count). The van der Waals surface area contributed by atoms with Crippen molar-refractivity contribution in [1.82, 2.24) is 0 Å². The summed E-state index contributed by atoms with van der Waals surface area (Å²) in [6.45, 7) is 0. The van der Waals surface area contributed by atoms with Crippen LogP contribution in [0.4, 0.5) is 11.4 Å². The Bertz CT molecular complexity index is 812. The molecule has 0 saturated carbocycles. The first kappa shape index (κ1) is 14.5. The molecule has 0 spiro atoms. The lowest BCUT2D eigenvalue weighted by Gasteiger charge is -2.11. The van der Waals surface area contributed by atoms with Crippen LogP contribution in [0, 0.1) is 10.1 Å². The quantitative estimate of drug-likeness (QED) is 0.376. The average Bonchev–Trinajstić information content (AvgIpc) is 2.84. The van der Waals surface area contributed by atoms with Crippen molar-refractivity contribution >= 4 is 29.3 Å². The number of hydrogen-bond donors (Lipinski definition) is 0. The molecule has 1 amide bonds. The Morgan fingerprint density at radius 1 is 1.00 bits per heavy atom. The molecule has 1 saturated heterocycles. The van der Waals surface area contributed by atoms with Gasteiger partial charge in [0, 0.05) is 12.1 Å². The maximum absolute atomic E-state index is 12.3. The Morgan fingerprint density at radius 3 is 2.26 bits per heavy atom. The van der Waals surface area contributed by atoms with Gasteiger partial charge in [-0.05, 0) is 35.9 Å². The summed E-state index contributed by atoms with van der Waals surface area (Å²) in [7, 11) is 0. The third-order valence-corrected chi connectivity index (χ3v) is 3.21. The van der Waals surface area contributed by atoms with Gasteiger partial charge in [0.25, 0.3) is 11.6 Å². The molecule has 114 valence electrons. The summed E-state index contributed by atoms with van der Waals surface area (Å²) >= 11 is 0. The van der Waals surface area contributed by atoms with Crippen molar-refractivity contribution in [3.63, 3.8) is 0 Å². The van der Waals surface area contributed by atoms with Crippen molar-refractivity contribution in [3.05, 3.63) is 75.8 Å². The van der Waals surface area contributed by atoms with Crippen LogP contribution < -0.4 is 5.06 Å². The first-order valence-corrected chi connectivity index (χ1v) is 6.64. The van der Waals surface area contributed by atoms with Gasteiger partial charge in [-0.1, -0.05) is 18.2 Å². The molecule has 2 aromatic rings. The number of rotatable bonds is 3. The first-order valence-electron chi connectivity index (χ1n) is 6.64. The number of non-ortho nitro benzene ring substituents is 1. The maximum Gasteiger partial charge on any atom is 0.369 e. The third kappa shape index (κ3) is 2.80. The van der Waals surface area contributed by atoms with Gasteiger partial charge in [0.1, 0.15) is 5.57 Å². The molecule has 1 aliphatic rings. The molecular formula is C16H10N2O5. The van der Waals surface area contributed by atoms with Gasteiger partial charge in [0.2, 0.25) is 0 Å². The Kier molecular flexibility index (Phi) is 3.60. The summed E-state index contributed by atoms with van der Waals surface area (Å²) < 4.78 is 0. The summed E-state index contributed by atoms with van der Waals surface area (Å²) in [5.74, 6) is -1.35. The van der Waals surface area contributed by atoms with Crippen LogP contribution in [0.15, 0.2) is 60.2 Å². The molecule has 0 aromatic heterocycles. The van der Waals surface area contributed by atoms with Crippen LogP contribution in [-0.2, 0) is 14.4 Å². The van der Waals surface area contributed by atoms with E-state index in [0.717, 1.165) is 5.06 Å². The topological polar surface area (TPSA) is 89.8 Å². The van der Waals surface area contributed by atoms with Crippen LogP contribution in [0.1, 0.15) is 5.56 Å². The summed E-state index contributed by atoms with van der Waals surface area (Å²) in [6.07, 6.45) is 1.34. The highest BCUT2D eigenvalue weighted by molar-refractivity contribution is 6.28. The van der Waals surface area contributed by atoms with E-state index in [-0.39, 0.29) is 11.3 Å². The van der Waals surface area contributed by atoms with E-state index in [0.29, 0.717) is 11.3 Å². The van der Waals surface area contributed by atoms with Crippen molar-refractivity contribution in [2.75, 3.05) is 5.06 Å². The van der Waals surface area contributed by atoms with Gasteiger partial charge in [-0.25, -0.2) is 4.79 Å². The Balaban J connectivity index is 1.89. The van der Waals surface area contributed by atoms with Crippen LogP contribution in [0.2, 0.25) is 0 Å². The fourth-order valence-electron chi connectivity index (χ4n) is 2.08. The smallest absolute Gasteiger partial charge is 0.327 e. The second-order valence-corrected chi connectivity index (χ2v) is 4.72. The second-order valence-electron chi connectivity index (χ2n) is 4.72. The lowest BCUT2D eigenvalue weighted by molar-refractivity contribution is -0.384. The molecule has 0 atom stereocenters. The number of nitrogens with zero attached hydrogens (tertiary/aromatic N) is 2. The van der Waals surface area contributed by atoms with Gasteiger partial charge in [0.15, 0.2) is 0 Å². The van der Waals surface area contributed by atoms with E-state index in [2.05, 4.69) is 0 Å². The van der Waals surface area contributed by atoms with E-state index in [1.54, 1.807) is 30.3 Å².